The third kappa shape index (κ3) is 5.48. The molecule has 0 fully saturated rings. The molecule has 3 N–H and O–H groups in total. The molecule has 6 nitrogen and oxygen atoms in total. The van der Waals surface area contributed by atoms with Crippen LogP contribution in [-0.2, 0) is 4.79 Å². The van der Waals surface area contributed by atoms with Gasteiger partial charge in [0.2, 0.25) is 0 Å². The number of phenolic OH excluding ortho intramolecular Hbond substituents is 1. The number of phenols is 1. The molecule has 0 saturated carbocycles. The molecule has 126 valence electrons. The Hall–Kier alpha value is -2.73. The predicted octanol–water partition coefficient (Wildman–Crippen LogP) is 3.01. The topological polar surface area (TPSA) is 83.0 Å². The monoisotopic (exact) mass is 347 g/mol. The fourth-order valence-corrected chi connectivity index (χ4v) is 1.98. The fraction of sp³-hybridized carbons (Fsp3) is 0.176. The lowest BCUT2D eigenvalue weighted by Gasteiger charge is -2.06. The molecular weight excluding hydrogens is 330 g/mol. The average Bonchev–Trinajstić information content (AvgIpc) is 2.57. The number of anilines is 1. The smallest absolute Gasteiger partial charge is 0.259 e. The summed E-state index contributed by atoms with van der Waals surface area (Å²) in [6, 6.07) is 11.9. The van der Waals surface area contributed by atoms with Gasteiger partial charge < -0.3 is 15.2 Å². The van der Waals surface area contributed by atoms with Gasteiger partial charge in [-0.15, -0.1) is 0 Å². The summed E-state index contributed by atoms with van der Waals surface area (Å²) in [6.07, 6.45) is 1.47. The lowest BCUT2D eigenvalue weighted by molar-refractivity contribution is -0.119. The van der Waals surface area contributed by atoms with Crippen molar-refractivity contribution in [2.45, 2.75) is 6.92 Å². The number of ether oxygens (including phenoxy) is 1. The highest BCUT2D eigenvalue weighted by molar-refractivity contribution is 6.30. The summed E-state index contributed by atoms with van der Waals surface area (Å²) in [6.45, 7) is 2.36. The number of nitrogens with zero attached hydrogens (tertiary/aromatic N) is 1. The number of carbonyl (C=O) groups excluding carboxylic acids is 1. The van der Waals surface area contributed by atoms with Gasteiger partial charge in [0, 0.05) is 10.7 Å². The Morgan fingerprint density at radius 3 is 2.75 bits per heavy atom. The number of hydrazone groups is 1. The molecule has 0 aliphatic heterocycles. The Bertz CT molecular complexity index is 718. The lowest BCUT2D eigenvalue weighted by Crippen LogP contribution is -2.25. The molecule has 2 aromatic rings. The number of rotatable bonds is 7. The van der Waals surface area contributed by atoms with Gasteiger partial charge in [0.05, 0.1) is 19.4 Å². The number of benzene rings is 2. The average molecular weight is 348 g/mol. The van der Waals surface area contributed by atoms with Crippen molar-refractivity contribution in [1.82, 2.24) is 5.43 Å². The molecule has 0 saturated heterocycles. The molecule has 2 aromatic carbocycles. The summed E-state index contributed by atoms with van der Waals surface area (Å²) < 4.78 is 5.28. The van der Waals surface area contributed by atoms with Gasteiger partial charge in [-0.3, -0.25) is 4.79 Å². The molecule has 0 bridgehead atoms. The molecule has 0 heterocycles. The quantitative estimate of drug-likeness (QED) is 0.531. The zero-order valence-corrected chi connectivity index (χ0v) is 13.9. The molecular formula is C17H18ClN3O3. The molecule has 24 heavy (non-hydrogen) atoms. The molecule has 0 atom stereocenters. The second kappa shape index (κ2) is 8.79. The first-order valence-electron chi connectivity index (χ1n) is 7.35. The Morgan fingerprint density at radius 2 is 2.04 bits per heavy atom. The number of carbonyl (C=O) groups is 1. The molecule has 0 radical (unpaired) electrons. The minimum Gasteiger partial charge on any atom is -0.504 e. The second-order valence-corrected chi connectivity index (χ2v) is 5.25. The number of amides is 1. The van der Waals surface area contributed by atoms with Crippen molar-refractivity contribution in [3.8, 4) is 11.5 Å². The minimum atomic E-state index is -0.287. The number of hydrogen-bond donors (Lipinski definition) is 3. The lowest BCUT2D eigenvalue weighted by atomic mass is 10.2. The Balaban J connectivity index is 1.83. The maximum Gasteiger partial charge on any atom is 0.259 e. The van der Waals surface area contributed by atoms with Crippen LogP contribution in [0, 0.1) is 0 Å². The highest BCUT2D eigenvalue weighted by Crippen LogP contribution is 2.26. The summed E-state index contributed by atoms with van der Waals surface area (Å²) >= 11 is 5.79. The summed E-state index contributed by atoms with van der Waals surface area (Å²) in [5, 5.41) is 17.1. The van der Waals surface area contributed by atoms with Crippen molar-refractivity contribution in [3.05, 3.63) is 53.1 Å². The Morgan fingerprint density at radius 1 is 1.29 bits per heavy atom. The Labute approximate surface area is 145 Å². The van der Waals surface area contributed by atoms with Gasteiger partial charge in [-0.05, 0) is 55.0 Å². The number of hydrogen-bond acceptors (Lipinski definition) is 5. The third-order valence-corrected chi connectivity index (χ3v) is 3.24. The van der Waals surface area contributed by atoms with Crippen LogP contribution < -0.4 is 15.5 Å². The van der Waals surface area contributed by atoms with E-state index in [-0.39, 0.29) is 18.2 Å². The van der Waals surface area contributed by atoms with E-state index in [1.807, 2.05) is 6.92 Å². The highest BCUT2D eigenvalue weighted by Gasteiger charge is 2.03. The standard InChI is InChI=1S/C17H18ClN3O3/c1-2-24-16-9-12(3-8-15(16)22)10-20-21-17(23)11-19-14-6-4-13(18)5-7-14/h3-10,19,22H,2,11H2,1H3,(H,21,23)/b20-10-. The minimum absolute atomic E-state index is 0.0604. The molecule has 2 rings (SSSR count). The van der Waals surface area contributed by atoms with Crippen molar-refractivity contribution in [2.75, 3.05) is 18.5 Å². The van der Waals surface area contributed by atoms with Crippen LogP contribution in [0.2, 0.25) is 5.02 Å². The van der Waals surface area contributed by atoms with Crippen molar-refractivity contribution in [2.24, 2.45) is 5.10 Å². The first-order valence-corrected chi connectivity index (χ1v) is 7.73. The summed E-state index contributed by atoms with van der Waals surface area (Å²) in [5.41, 5.74) is 3.90. The van der Waals surface area contributed by atoms with Gasteiger partial charge in [-0.25, -0.2) is 5.43 Å². The molecule has 0 spiro atoms. The Kier molecular flexibility index (Phi) is 6.45. The van der Waals surface area contributed by atoms with Crippen LogP contribution in [0.15, 0.2) is 47.6 Å². The van der Waals surface area contributed by atoms with E-state index in [2.05, 4.69) is 15.8 Å². The van der Waals surface area contributed by atoms with Crippen LogP contribution in [0.25, 0.3) is 0 Å². The van der Waals surface area contributed by atoms with Crippen molar-refractivity contribution in [3.63, 3.8) is 0 Å². The first kappa shape index (κ1) is 17.6. The van der Waals surface area contributed by atoms with E-state index < -0.39 is 0 Å². The predicted molar refractivity (Wildman–Crippen MR) is 95.0 cm³/mol. The second-order valence-electron chi connectivity index (χ2n) is 4.81. The van der Waals surface area contributed by atoms with Gasteiger partial charge in [0.15, 0.2) is 11.5 Å². The molecule has 7 heteroatoms. The number of halogens is 1. The highest BCUT2D eigenvalue weighted by atomic mass is 35.5. The normalized spacial score (nSPS) is 10.6. The first-order chi connectivity index (χ1) is 11.6. The zero-order valence-electron chi connectivity index (χ0n) is 13.1. The molecule has 0 aliphatic rings. The third-order valence-electron chi connectivity index (χ3n) is 2.98. The number of aromatic hydroxyl groups is 1. The van der Waals surface area contributed by atoms with E-state index in [1.54, 1.807) is 36.4 Å². The SMILES string of the molecule is CCOc1cc(/C=N\NC(=O)CNc2ccc(Cl)cc2)ccc1O. The summed E-state index contributed by atoms with van der Waals surface area (Å²) in [7, 11) is 0. The van der Waals surface area contributed by atoms with E-state index in [4.69, 9.17) is 16.3 Å². The van der Waals surface area contributed by atoms with Gasteiger partial charge >= 0.3 is 0 Å². The van der Waals surface area contributed by atoms with Crippen molar-refractivity contribution < 1.29 is 14.6 Å². The maximum absolute atomic E-state index is 11.7. The van der Waals surface area contributed by atoms with Crippen LogP contribution >= 0.6 is 11.6 Å². The van der Waals surface area contributed by atoms with E-state index in [0.29, 0.717) is 22.9 Å². The van der Waals surface area contributed by atoms with Crippen LogP contribution in [-0.4, -0.2) is 30.4 Å². The van der Waals surface area contributed by atoms with Gasteiger partial charge in [0.25, 0.3) is 5.91 Å². The fourth-order valence-electron chi connectivity index (χ4n) is 1.85. The van der Waals surface area contributed by atoms with Gasteiger partial charge in [0.1, 0.15) is 0 Å². The van der Waals surface area contributed by atoms with Crippen molar-refractivity contribution in [1.29, 1.82) is 0 Å². The molecule has 0 aliphatic carbocycles. The van der Waals surface area contributed by atoms with Crippen LogP contribution in [0.1, 0.15) is 12.5 Å². The van der Waals surface area contributed by atoms with E-state index in [9.17, 15) is 9.90 Å². The van der Waals surface area contributed by atoms with Crippen LogP contribution in [0.5, 0.6) is 11.5 Å². The molecule has 0 aromatic heterocycles. The maximum atomic E-state index is 11.7. The van der Waals surface area contributed by atoms with Gasteiger partial charge in [-0.2, -0.15) is 5.10 Å². The van der Waals surface area contributed by atoms with E-state index in [0.717, 1.165) is 5.69 Å². The van der Waals surface area contributed by atoms with E-state index >= 15 is 0 Å². The summed E-state index contributed by atoms with van der Waals surface area (Å²) in [5.74, 6) is 0.146. The zero-order chi connectivity index (χ0) is 17.4. The molecule has 0 unspecified atom stereocenters. The van der Waals surface area contributed by atoms with Crippen LogP contribution in [0.4, 0.5) is 5.69 Å². The summed E-state index contributed by atoms with van der Waals surface area (Å²) in [4.78, 5) is 11.7. The van der Waals surface area contributed by atoms with Crippen molar-refractivity contribution >= 4 is 29.4 Å². The number of nitrogens with one attached hydrogen (secondary N) is 2. The molecule has 1 amide bonds. The largest absolute Gasteiger partial charge is 0.504 e. The van der Waals surface area contributed by atoms with Crippen LogP contribution in [0.3, 0.4) is 0 Å². The van der Waals surface area contributed by atoms with E-state index in [1.165, 1.54) is 12.3 Å². The van der Waals surface area contributed by atoms with Gasteiger partial charge in [-0.1, -0.05) is 11.6 Å².